The molecule has 0 saturated heterocycles. The normalized spacial score (nSPS) is 13.0. The van der Waals surface area contributed by atoms with Crippen LogP contribution in [0.15, 0.2) is 0 Å². The Balaban J connectivity index is 3.18. The maximum absolute atomic E-state index is 8.97. The van der Waals surface area contributed by atoms with E-state index < -0.39 is 6.10 Å². The SMILES string of the molecule is CC(C)NOC[C@H](O)CC#N. The van der Waals surface area contributed by atoms with Crippen LogP contribution in [-0.4, -0.2) is 23.9 Å². The first kappa shape index (κ1) is 10.4. The summed E-state index contributed by atoms with van der Waals surface area (Å²) >= 11 is 0. The van der Waals surface area contributed by atoms with Gasteiger partial charge < -0.3 is 5.11 Å². The minimum Gasteiger partial charge on any atom is -0.390 e. The minimum atomic E-state index is -0.689. The van der Waals surface area contributed by atoms with Gasteiger partial charge in [0.15, 0.2) is 0 Å². The van der Waals surface area contributed by atoms with E-state index in [0.717, 1.165) is 0 Å². The van der Waals surface area contributed by atoms with Crippen molar-refractivity contribution in [2.75, 3.05) is 6.61 Å². The topological polar surface area (TPSA) is 65.3 Å². The van der Waals surface area contributed by atoms with Crippen molar-refractivity contribution in [2.24, 2.45) is 0 Å². The van der Waals surface area contributed by atoms with Crippen molar-refractivity contribution in [3.63, 3.8) is 0 Å². The molecule has 0 aliphatic heterocycles. The number of nitrogens with one attached hydrogen (secondary N) is 1. The summed E-state index contributed by atoms with van der Waals surface area (Å²) in [6.45, 7) is 4.01. The van der Waals surface area contributed by atoms with Gasteiger partial charge in [-0.3, -0.25) is 4.84 Å². The Kier molecular flexibility index (Phi) is 5.75. The number of hydrogen-bond donors (Lipinski definition) is 2. The highest BCUT2D eigenvalue weighted by atomic mass is 16.6. The van der Waals surface area contributed by atoms with E-state index in [4.69, 9.17) is 15.2 Å². The number of rotatable bonds is 5. The Morgan fingerprint density at radius 3 is 2.73 bits per heavy atom. The van der Waals surface area contributed by atoms with Crippen LogP contribution < -0.4 is 5.48 Å². The van der Waals surface area contributed by atoms with Crippen LogP contribution in [0.2, 0.25) is 0 Å². The Hall–Kier alpha value is -0.630. The van der Waals surface area contributed by atoms with Crippen LogP contribution >= 0.6 is 0 Å². The lowest BCUT2D eigenvalue weighted by atomic mass is 10.3. The Bertz CT molecular complexity index is 131. The van der Waals surface area contributed by atoms with Crippen LogP contribution in [0, 0.1) is 11.3 Å². The molecule has 0 heterocycles. The minimum absolute atomic E-state index is 0.111. The lowest BCUT2D eigenvalue weighted by molar-refractivity contribution is -0.0282. The van der Waals surface area contributed by atoms with Gasteiger partial charge in [0.25, 0.3) is 0 Å². The van der Waals surface area contributed by atoms with E-state index in [1.54, 1.807) is 0 Å². The Labute approximate surface area is 66.7 Å². The summed E-state index contributed by atoms with van der Waals surface area (Å²) in [5.41, 5.74) is 2.67. The van der Waals surface area contributed by atoms with Crippen molar-refractivity contribution in [3.8, 4) is 6.07 Å². The van der Waals surface area contributed by atoms with Crippen LogP contribution in [0.1, 0.15) is 20.3 Å². The monoisotopic (exact) mass is 158 g/mol. The average molecular weight is 158 g/mol. The molecule has 0 saturated carbocycles. The number of aliphatic hydroxyl groups is 1. The van der Waals surface area contributed by atoms with E-state index in [1.165, 1.54) is 0 Å². The van der Waals surface area contributed by atoms with Crippen molar-refractivity contribution in [2.45, 2.75) is 32.4 Å². The molecule has 0 aliphatic carbocycles. The third kappa shape index (κ3) is 7.26. The summed E-state index contributed by atoms with van der Waals surface area (Å²) in [5, 5.41) is 17.1. The van der Waals surface area contributed by atoms with E-state index in [9.17, 15) is 0 Å². The van der Waals surface area contributed by atoms with Crippen molar-refractivity contribution in [1.82, 2.24) is 5.48 Å². The second-order valence-electron chi connectivity index (χ2n) is 2.60. The van der Waals surface area contributed by atoms with Gasteiger partial charge in [-0.15, -0.1) is 0 Å². The van der Waals surface area contributed by atoms with Crippen LogP contribution in [-0.2, 0) is 4.84 Å². The summed E-state index contributed by atoms with van der Waals surface area (Å²) in [6, 6.07) is 2.07. The molecule has 4 nitrogen and oxygen atoms in total. The molecule has 0 unspecified atom stereocenters. The second kappa shape index (κ2) is 6.10. The first-order valence-electron chi connectivity index (χ1n) is 3.59. The predicted octanol–water partition coefficient (Wildman–Crippen LogP) is 0.191. The molecule has 0 rings (SSSR count). The van der Waals surface area contributed by atoms with Crippen molar-refractivity contribution in [3.05, 3.63) is 0 Å². The van der Waals surface area contributed by atoms with Gasteiger partial charge >= 0.3 is 0 Å². The van der Waals surface area contributed by atoms with Crippen LogP contribution in [0.25, 0.3) is 0 Å². The maximum atomic E-state index is 8.97. The molecule has 0 radical (unpaired) electrons. The molecule has 2 N–H and O–H groups in total. The molecule has 11 heavy (non-hydrogen) atoms. The molecular weight excluding hydrogens is 144 g/mol. The summed E-state index contributed by atoms with van der Waals surface area (Å²) in [7, 11) is 0. The molecule has 0 aliphatic rings. The van der Waals surface area contributed by atoms with Crippen LogP contribution in [0.3, 0.4) is 0 Å². The van der Waals surface area contributed by atoms with Gasteiger partial charge in [0.2, 0.25) is 0 Å². The highest BCUT2D eigenvalue weighted by molar-refractivity contribution is 4.74. The number of nitrogens with zero attached hydrogens (tertiary/aromatic N) is 1. The third-order valence-electron chi connectivity index (χ3n) is 0.922. The van der Waals surface area contributed by atoms with Gasteiger partial charge in [-0.05, 0) is 13.8 Å². The van der Waals surface area contributed by atoms with Gasteiger partial charge in [0, 0.05) is 6.04 Å². The Morgan fingerprint density at radius 1 is 1.64 bits per heavy atom. The zero-order valence-electron chi connectivity index (χ0n) is 6.87. The summed E-state index contributed by atoms with van der Waals surface area (Å²) < 4.78 is 0. The van der Waals surface area contributed by atoms with E-state index in [2.05, 4.69) is 5.48 Å². The molecule has 0 fully saturated rings. The van der Waals surface area contributed by atoms with E-state index >= 15 is 0 Å². The molecule has 0 spiro atoms. The van der Waals surface area contributed by atoms with Gasteiger partial charge in [0.1, 0.15) is 0 Å². The molecule has 0 aromatic heterocycles. The van der Waals surface area contributed by atoms with E-state index in [-0.39, 0.29) is 19.1 Å². The second-order valence-corrected chi connectivity index (χ2v) is 2.60. The number of nitriles is 1. The summed E-state index contributed by atoms with van der Waals surface area (Å²) in [6.07, 6.45) is -0.578. The fourth-order valence-corrected chi connectivity index (χ4v) is 0.475. The van der Waals surface area contributed by atoms with Crippen molar-refractivity contribution < 1.29 is 9.94 Å². The highest BCUT2D eigenvalue weighted by Crippen LogP contribution is 1.89. The molecule has 0 amide bonds. The maximum Gasteiger partial charge on any atom is 0.0951 e. The molecule has 64 valence electrons. The summed E-state index contributed by atoms with van der Waals surface area (Å²) in [5.74, 6) is 0. The number of hydroxylamine groups is 1. The predicted molar refractivity (Wildman–Crippen MR) is 40.5 cm³/mol. The van der Waals surface area contributed by atoms with Crippen molar-refractivity contribution >= 4 is 0 Å². The molecule has 0 aromatic rings. The number of aliphatic hydroxyl groups excluding tert-OH is 1. The smallest absolute Gasteiger partial charge is 0.0951 e. The quantitative estimate of drug-likeness (QED) is 0.560. The third-order valence-corrected chi connectivity index (χ3v) is 0.922. The van der Waals surface area contributed by atoms with Crippen LogP contribution in [0.5, 0.6) is 0 Å². The molecule has 0 bridgehead atoms. The number of hydrogen-bond acceptors (Lipinski definition) is 4. The zero-order chi connectivity index (χ0) is 8.69. The molecule has 4 heteroatoms. The average Bonchev–Trinajstić information content (AvgIpc) is 1.87. The fourth-order valence-electron chi connectivity index (χ4n) is 0.475. The zero-order valence-corrected chi connectivity index (χ0v) is 6.87. The summed E-state index contributed by atoms with van der Waals surface area (Å²) in [4.78, 5) is 4.86. The standard InChI is InChI=1S/C7H14N2O2/c1-6(2)9-11-5-7(10)3-4-8/h6-7,9-10H,3,5H2,1-2H3/t7-/m1/s1. The lowest BCUT2D eigenvalue weighted by Crippen LogP contribution is -2.27. The Morgan fingerprint density at radius 2 is 2.27 bits per heavy atom. The van der Waals surface area contributed by atoms with Gasteiger partial charge in [0.05, 0.1) is 25.2 Å². The van der Waals surface area contributed by atoms with Gasteiger partial charge in [-0.25, -0.2) is 0 Å². The van der Waals surface area contributed by atoms with E-state index in [1.807, 2.05) is 19.9 Å². The van der Waals surface area contributed by atoms with Crippen molar-refractivity contribution in [1.29, 1.82) is 5.26 Å². The fraction of sp³-hybridized carbons (Fsp3) is 0.857. The largest absolute Gasteiger partial charge is 0.390 e. The van der Waals surface area contributed by atoms with Crippen LogP contribution in [0.4, 0.5) is 0 Å². The molecular formula is C7H14N2O2. The van der Waals surface area contributed by atoms with Gasteiger partial charge in [-0.1, -0.05) is 0 Å². The van der Waals surface area contributed by atoms with Gasteiger partial charge in [-0.2, -0.15) is 10.7 Å². The van der Waals surface area contributed by atoms with E-state index in [0.29, 0.717) is 0 Å². The molecule has 1 atom stereocenters. The first-order valence-corrected chi connectivity index (χ1v) is 3.59. The molecule has 0 aromatic carbocycles. The lowest BCUT2D eigenvalue weighted by Gasteiger charge is -2.10. The highest BCUT2D eigenvalue weighted by Gasteiger charge is 2.02. The first-order chi connectivity index (χ1) is 5.16.